The first-order chi connectivity index (χ1) is 44.7. The van der Waals surface area contributed by atoms with Crippen LogP contribution in [-0.4, -0.2) is 61.7 Å². The van der Waals surface area contributed by atoms with E-state index >= 15 is 0 Å². The maximum atomic E-state index is 14.2. The number of aliphatic carboxylic acids is 1. The van der Waals surface area contributed by atoms with Crippen molar-refractivity contribution in [2.24, 2.45) is 0 Å². The average molecular weight is 1300 g/mol. The number of benzene rings is 5. The fraction of sp³-hybridized carbons (Fsp3) is 0.171. The van der Waals surface area contributed by atoms with Crippen molar-refractivity contribution < 1.29 is 14.7 Å². The zero-order valence-corrected chi connectivity index (χ0v) is 55.7. The number of carbonyl (C=O) groups is 2. The highest BCUT2D eigenvalue weighted by molar-refractivity contribution is 8.31. The SMILES string of the molecule is CCN1C(=O)C(=S)S/C1=c1\c(=O)s/c(=c2/sc(=Cc3ccc(C#Cc4c5nc(c(-c6ccccc6)c6ccc([nH]6)c(N(c6ccc(C(C)(C)C)cc6)c6ccc(C(C)(C)C)cc6)c6nc(c(-c7ccccc7)c7ccc4[nH]7)C=C6)C=C5)cc3)c(=O)n2CC(=O)O)n1CC. The van der Waals surface area contributed by atoms with Gasteiger partial charge in [-0.05, 0) is 144 Å². The van der Waals surface area contributed by atoms with Crippen LogP contribution in [0.2, 0.25) is 0 Å². The number of hydrogen-bond donors (Lipinski definition) is 3. The number of thiocarbonyl (C=S) groups is 1. The van der Waals surface area contributed by atoms with Gasteiger partial charge in [-0.25, -0.2) is 9.97 Å². The number of H-pyrrole nitrogens is 2. The van der Waals surface area contributed by atoms with Gasteiger partial charge in [0.2, 0.25) is 0 Å². The number of anilines is 3. The van der Waals surface area contributed by atoms with E-state index in [2.05, 4.69) is 171 Å². The number of carboxylic acid groups (broad SMARTS) is 1. The van der Waals surface area contributed by atoms with Crippen LogP contribution < -0.4 is 25.1 Å². The lowest BCUT2D eigenvalue weighted by Gasteiger charge is -2.28. The van der Waals surface area contributed by atoms with Crippen LogP contribution in [0.25, 0.3) is 79.7 Å². The summed E-state index contributed by atoms with van der Waals surface area (Å²) in [5, 5.41) is 10.7. The monoisotopic (exact) mass is 1300 g/mol. The highest BCUT2D eigenvalue weighted by atomic mass is 32.2. The Balaban J connectivity index is 0.997. The van der Waals surface area contributed by atoms with Crippen molar-refractivity contribution in [3.8, 4) is 34.1 Å². The van der Waals surface area contributed by atoms with Crippen molar-refractivity contribution in [2.75, 3.05) is 11.4 Å². The lowest BCUT2D eigenvalue weighted by molar-refractivity contribution is -0.137. The van der Waals surface area contributed by atoms with E-state index in [1.165, 1.54) is 20.6 Å². The predicted octanol–water partition coefficient (Wildman–Crippen LogP) is 15.1. The summed E-state index contributed by atoms with van der Waals surface area (Å²) in [6, 6.07) is 54.2. The molecule has 0 radical (unpaired) electrons. The Bertz CT molecular complexity index is 5280. The topological polar surface area (TPSA) is 162 Å². The van der Waals surface area contributed by atoms with Crippen molar-refractivity contribution in [3.05, 3.63) is 247 Å². The summed E-state index contributed by atoms with van der Waals surface area (Å²) in [4.78, 5) is 75.9. The van der Waals surface area contributed by atoms with Gasteiger partial charge in [0.1, 0.15) is 30.4 Å². The molecule has 10 aromatic rings. The standard InChI is InChI=1S/C76H64N8O5S4/c1-9-81-67(70-82(10-2)69(88)74(90)93-70)73(89)92-71(81)72-83(44-63(85)86)68(87)62(91-72)43-46-23-21-45(22-24-46)25-34-53-54-35-37-56(77-54)64(47-17-13-11-14-18-47)58-39-41-60(79-58)66(61-42-40-59(80-61)65(48-19-15-12-16-20-48)57-38-36-55(53)78-57)84(51-30-26-49(27-31-51)75(3,4)5)52-32-28-50(29-33-52)76(6,7)8/h11-24,26-33,35-43,77,80H,9-10,44H2,1-8H3,(H,85,86)/b54-53?,55-53?,62-43?,64-56?,64-58?,65-57?,65-59?,66-60?,66-61?,70-67+,72-71+. The molecule has 0 aliphatic carbocycles. The Labute approximate surface area is 554 Å². The second-order valence-corrected chi connectivity index (χ2v) is 28.4. The van der Waals surface area contributed by atoms with Crippen LogP contribution in [0.4, 0.5) is 17.1 Å². The lowest BCUT2D eigenvalue weighted by Crippen LogP contribution is -2.36. The molecule has 5 aromatic carbocycles. The quantitative estimate of drug-likeness (QED) is 0.0887. The number of rotatable bonds is 10. The van der Waals surface area contributed by atoms with Crippen LogP contribution in [0.3, 0.4) is 0 Å². The van der Waals surface area contributed by atoms with E-state index < -0.39 is 18.1 Å². The van der Waals surface area contributed by atoms with Crippen molar-refractivity contribution in [1.29, 1.82) is 0 Å². The molecule has 0 saturated carbocycles. The molecule has 0 unspecified atom stereocenters. The molecule has 3 N–H and O–H groups in total. The molecule has 5 aromatic heterocycles. The second kappa shape index (κ2) is 24.9. The molecule has 3 aliphatic heterocycles. The molecular formula is C76H64N8O5S4. The molecule has 8 bridgehead atoms. The normalized spacial score (nSPS) is 14.3. The third-order valence-electron chi connectivity index (χ3n) is 16.6. The van der Waals surface area contributed by atoms with E-state index in [-0.39, 0.29) is 35.6 Å². The van der Waals surface area contributed by atoms with Crippen LogP contribution >= 0.6 is 46.7 Å². The number of fused-ring (bicyclic) bond motifs is 8. The Hall–Kier alpha value is -9.96. The third-order valence-corrected chi connectivity index (χ3v) is 20.2. The summed E-state index contributed by atoms with van der Waals surface area (Å²) in [5.74, 6) is 5.41. The van der Waals surface area contributed by atoms with Crippen molar-refractivity contribution >= 4 is 137 Å². The molecule has 93 heavy (non-hydrogen) atoms. The molecule has 1 amide bonds. The third kappa shape index (κ3) is 12.0. The summed E-state index contributed by atoms with van der Waals surface area (Å²) in [6.45, 7) is 17.1. The van der Waals surface area contributed by atoms with Gasteiger partial charge in [-0.2, -0.15) is 0 Å². The number of aromatic amines is 2. The van der Waals surface area contributed by atoms with Crippen LogP contribution in [0, 0.1) is 21.2 Å². The highest BCUT2D eigenvalue weighted by Gasteiger charge is 2.33. The Morgan fingerprint density at radius 3 is 1.67 bits per heavy atom. The van der Waals surface area contributed by atoms with Gasteiger partial charge < -0.3 is 24.5 Å². The molecule has 1 fully saturated rings. The zero-order chi connectivity index (χ0) is 65.0. The minimum absolute atomic E-state index is 0.0560. The number of carbonyl (C=O) groups excluding carboxylic acids is 1. The number of hydrogen-bond acceptors (Lipinski definition) is 11. The molecule has 8 heterocycles. The summed E-state index contributed by atoms with van der Waals surface area (Å²) in [6.07, 6.45) is 10.00. The van der Waals surface area contributed by atoms with E-state index in [0.717, 1.165) is 113 Å². The van der Waals surface area contributed by atoms with E-state index in [4.69, 9.17) is 22.2 Å². The molecule has 0 atom stereocenters. The van der Waals surface area contributed by atoms with Gasteiger partial charge in [0.25, 0.3) is 16.2 Å². The molecular weight excluding hydrogens is 1230 g/mol. The molecule has 3 aliphatic rings. The lowest BCUT2D eigenvalue weighted by atomic mass is 9.86. The molecule has 17 heteroatoms. The summed E-state index contributed by atoms with van der Waals surface area (Å²) in [7, 11) is 0. The van der Waals surface area contributed by atoms with Gasteiger partial charge in [-0.3, -0.25) is 28.6 Å². The van der Waals surface area contributed by atoms with Crippen LogP contribution in [-0.2, 0) is 33.5 Å². The van der Waals surface area contributed by atoms with Crippen molar-refractivity contribution in [3.63, 3.8) is 0 Å². The highest BCUT2D eigenvalue weighted by Crippen LogP contribution is 2.43. The molecule has 0 spiro atoms. The van der Waals surface area contributed by atoms with Gasteiger partial charge >= 0.3 is 5.97 Å². The molecule has 13 nitrogen and oxygen atoms in total. The van der Waals surface area contributed by atoms with Crippen molar-refractivity contribution in [2.45, 2.75) is 79.3 Å². The van der Waals surface area contributed by atoms with E-state index in [0.29, 0.717) is 49.8 Å². The average Bonchev–Trinajstić information content (AvgIpc) is 1.64. The smallest absolute Gasteiger partial charge is 0.323 e. The van der Waals surface area contributed by atoms with Gasteiger partial charge in [-0.1, -0.05) is 186 Å². The van der Waals surface area contributed by atoms with Crippen LogP contribution in [0.1, 0.15) is 106 Å². The summed E-state index contributed by atoms with van der Waals surface area (Å²) < 4.78 is 3.74. The van der Waals surface area contributed by atoms with E-state index in [9.17, 15) is 24.3 Å². The Morgan fingerprint density at radius 2 is 1.12 bits per heavy atom. The number of nitrogens with zero attached hydrogens (tertiary/aromatic N) is 6. The zero-order valence-electron chi connectivity index (χ0n) is 52.4. The second-order valence-electron chi connectivity index (χ2n) is 24.7. The van der Waals surface area contributed by atoms with E-state index in [1.807, 2.05) is 85.8 Å². The number of amides is 1. The van der Waals surface area contributed by atoms with Gasteiger partial charge in [-0.15, -0.1) is 11.3 Å². The van der Waals surface area contributed by atoms with Gasteiger partial charge in [0.15, 0.2) is 0 Å². The van der Waals surface area contributed by atoms with Gasteiger partial charge in [0, 0.05) is 52.2 Å². The number of thiazole rings is 2. The largest absolute Gasteiger partial charge is 0.480 e. The minimum Gasteiger partial charge on any atom is -0.480 e. The van der Waals surface area contributed by atoms with Gasteiger partial charge in [0.05, 0.1) is 49.6 Å². The Kier molecular flexibility index (Phi) is 16.6. The minimum atomic E-state index is -1.21. The molecule has 462 valence electrons. The molecule has 1 saturated heterocycles. The first-order valence-electron chi connectivity index (χ1n) is 30.6. The van der Waals surface area contributed by atoms with Crippen LogP contribution in [0.5, 0.6) is 0 Å². The maximum Gasteiger partial charge on any atom is 0.323 e. The first kappa shape index (κ1) is 61.9. The Morgan fingerprint density at radius 1 is 0.602 bits per heavy atom. The molecule has 13 rings (SSSR count). The fourth-order valence-electron chi connectivity index (χ4n) is 11.8. The fourth-order valence-corrected chi connectivity index (χ4v) is 15.5. The van der Waals surface area contributed by atoms with E-state index in [1.54, 1.807) is 17.6 Å². The van der Waals surface area contributed by atoms with Crippen LogP contribution in [0.15, 0.2) is 167 Å². The van der Waals surface area contributed by atoms with Crippen molar-refractivity contribution in [1.82, 2.24) is 34.0 Å². The maximum absolute atomic E-state index is 14.2. The first-order valence-corrected chi connectivity index (χ1v) is 33.5. The number of aromatic nitrogens is 6. The number of carboxylic acids is 1. The predicted molar refractivity (Wildman–Crippen MR) is 386 cm³/mol. The number of nitrogens with one attached hydrogen (secondary N) is 2. The number of thioether (sulfide) groups is 1. The summed E-state index contributed by atoms with van der Waals surface area (Å²) >= 11 is 8.41. The summed E-state index contributed by atoms with van der Waals surface area (Å²) in [5.41, 5.74) is 16.7.